The van der Waals surface area contributed by atoms with Crippen molar-refractivity contribution in [3.63, 3.8) is 0 Å². The van der Waals surface area contributed by atoms with Gasteiger partial charge in [-0.15, -0.1) is 6.58 Å². The third kappa shape index (κ3) is 3.52. The number of benzene rings is 2. The lowest BCUT2D eigenvalue weighted by molar-refractivity contribution is 0.601. The predicted octanol–water partition coefficient (Wildman–Crippen LogP) is 3.61. The molecule has 0 radical (unpaired) electrons. The van der Waals surface area contributed by atoms with Crippen molar-refractivity contribution >= 4 is 37.3 Å². The molecule has 3 rings (SSSR count). The summed E-state index contributed by atoms with van der Waals surface area (Å²) in [6.45, 7) is 6.09. The van der Waals surface area contributed by atoms with Crippen molar-refractivity contribution < 1.29 is 8.42 Å². The van der Waals surface area contributed by atoms with E-state index in [0.717, 1.165) is 33.5 Å². The van der Waals surface area contributed by atoms with E-state index in [9.17, 15) is 13.2 Å². The Bertz CT molecular complexity index is 1080. The van der Waals surface area contributed by atoms with Gasteiger partial charge in [0.05, 0.1) is 20.8 Å². The van der Waals surface area contributed by atoms with Gasteiger partial charge in [0.2, 0.25) is 0 Å². The zero-order chi connectivity index (χ0) is 18.0. The van der Waals surface area contributed by atoms with E-state index in [1.165, 1.54) is 0 Å². The van der Waals surface area contributed by atoms with Crippen LogP contribution in [0.25, 0.3) is 10.2 Å². The third-order valence-corrected chi connectivity index (χ3v) is 6.21. The molecule has 2 aromatic carbocycles. The highest BCUT2D eigenvalue weighted by Crippen LogP contribution is 2.24. The van der Waals surface area contributed by atoms with Crippen LogP contribution in [0.2, 0.25) is 0 Å². The molecule has 5 nitrogen and oxygen atoms in total. The van der Waals surface area contributed by atoms with Crippen LogP contribution < -0.4 is 9.60 Å². The number of fused-ring (bicyclic) bond motifs is 1. The molecule has 0 aliphatic rings. The Balaban J connectivity index is 1.93. The molecule has 1 N–H and O–H groups in total. The molecule has 0 saturated heterocycles. The summed E-state index contributed by atoms with van der Waals surface area (Å²) in [5, 5.41) is 0. The van der Waals surface area contributed by atoms with Crippen LogP contribution >= 0.6 is 11.3 Å². The molecule has 0 atom stereocenters. The van der Waals surface area contributed by atoms with E-state index in [4.69, 9.17) is 0 Å². The standard InChI is InChI=1S/C18H18N2O3S2/c1-3-11-20-16-10-7-14(12-17(16)24-18(20)21)19-25(22,23)15-8-5-13(4-2)6-9-15/h3,5-10,12,19H,1,4,11H2,2H3. The number of hydrogen-bond acceptors (Lipinski definition) is 4. The molecule has 130 valence electrons. The average molecular weight is 374 g/mol. The Morgan fingerprint density at radius 1 is 1.20 bits per heavy atom. The number of anilines is 1. The summed E-state index contributed by atoms with van der Waals surface area (Å²) in [5.41, 5.74) is 2.28. The maximum absolute atomic E-state index is 12.5. The molecular weight excluding hydrogens is 356 g/mol. The first-order chi connectivity index (χ1) is 11.9. The molecule has 0 aliphatic heterocycles. The second-order valence-electron chi connectivity index (χ2n) is 5.55. The molecule has 0 bridgehead atoms. The normalized spacial score (nSPS) is 11.6. The van der Waals surface area contributed by atoms with Gasteiger partial charge in [-0.25, -0.2) is 8.42 Å². The second-order valence-corrected chi connectivity index (χ2v) is 8.23. The minimum absolute atomic E-state index is 0.0925. The number of hydrogen-bond donors (Lipinski definition) is 1. The van der Waals surface area contributed by atoms with Crippen LogP contribution in [0.1, 0.15) is 12.5 Å². The molecule has 0 saturated carbocycles. The quantitative estimate of drug-likeness (QED) is 0.670. The third-order valence-electron chi connectivity index (χ3n) is 3.87. The molecule has 0 unspecified atom stereocenters. The number of nitrogens with one attached hydrogen (secondary N) is 1. The van der Waals surface area contributed by atoms with E-state index < -0.39 is 10.0 Å². The monoisotopic (exact) mass is 374 g/mol. The Labute approximate surface area is 150 Å². The summed E-state index contributed by atoms with van der Waals surface area (Å²) in [7, 11) is -3.67. The van der Waals surface area contributed by atoms with Gasteiger partial charge in [-0.05, 0) is 42.3 Å². The lowest BCUT2D eigenvalue weighted by Crippen LogP contribution is -2.13. The Morgan fingerprint density at radius 3 is 2.56 bits per heavy atom. The Morgan fingerprint density at radius 2 is 1.92 bits per heavy atom. The van der Waals surface area contributed by atoms with Crippen LogP contribution in [0, 0.1) is 0 Å². The van der Waals surface area contributed by atoms with Crippen molar-refractivity contribution in [3.05, 3.63) is 70.4 Å². The molecular formula is C18H18N2O3S2. The highest BCUT2D eigenvalue weighted by Gasteiger charge is 2.15. The van der Waals surface area contributed by atoms with Gasteiger partial charge in [0.15, 0.2) is 0 Å². The van der Waals surface area contributed by atoms with Gasteiger partial charge in [-0.2, -0.15) is 0 Å². The van der Waals surface area contributed by atoms with Crippen molar-refractivity contribution in [1.29, 1.82) is 0 Å². The fourth-order valence-corrected chi connectivity index (χ4v) is 4.54. The number of thiazole rings is 1. The minimum Gasteiger partial charge on any atom is -0.295 e. The van der Waals surface area contributed by atoms with Gasteiger partial charge in [-0.3, -0.25) is 14.1 Å². The van der Waals surface area contributed by atoms with Gasteiger partial charge in [-0.1, -0.05) is 36.5 Å². The van der Waals surface area contributed by atoms with E-state index in [0.29, 0.717) is 12.2 Å². The summed E-state index contributed by atoms with van der Waals surface area (Å²) in [6.07, 6.45) is 2.51. The van der Waals surface area contributed by atoms with Crippen LogP contribution in [-0.4, -0.2) is 13.0 Å². The lowest BCUT2D eigenvalue weighted by atomic mass is 10.2. The predicted molar refractivity (Wildman–Crippen MR) is 103 cm³/mol. The highest BCUT2D eigenvalue weighted by molar-refractivity contribution is 7.92. The summed E-state index contributed by atoms with van der Waals surface area (Å²) >= 11 is 1.08. The summed E-state index contributed by atoms with van der Waals surface area (Å²) in [4.78, 5) is 12.1. The van der Waals surface area contributed by atoms with E-state index in [1.807, 2.05) is 6.92 Å². The molecule has 7 heteroatoms. The topological polar surface area (TPSA) is 68.2 Å². The smallest absolute Gasteiger partial charge is 0.295 e. The van der Waals surface area contributed by atoms with Crippen molar-refractivity contribution in [3.8, 4) is 0 Å². The fourth-order valence-electron chi connectivity index (χ4n) is 2.55. The van der Waals surface area contributed by atoms with Crippen LogP contribution in [0.4, 0.5) is 5.69 Å². The largest absolute Gasteiger partial charge is 0.308 e. The maximum atomic E-state index is 12.5. The molecule has 0 amide bonds. The van der Waals surface area contributed by atoms with Crippen molar-refractivity contribution in [2.45, 2.75) is 24.8 Å². The molecule has 3 aromatic rings. The average Bonchev–Trinajstić information content (AvgIpc) is 2.90. The fraction of sp³-hybridized carbons (Fsp3) is 0.167. The van der Waals surface area contributed by atoms with E-state index in [1.54, 1.807) is 53.1 Å². The molecule has 0 fully saturated rings. The summed E-state index contributed by atoms with van der Waals surface area (Å²) in [6, 6.07) is 11.9. The first-order valence-electron chi connectivity index (χ1n) is 7.80. The number of sulfonamides is 1. The summed E-state index contributed by atoms with van der Waals surface area (Å²) < 4.78 is 30.0. The van der Waals surface area contributed by atoms with Crippen LogP contribution in [-0.2, 0) is 23.0 Å². The van der Waals surface area contributed by atoms with Gasteiger partial charge >= 0.3 is 4.87 Å². The molecule has 0 aliphatic carbocycles. The van der Waals surface area contributed by atoms with Gasteiger partial charge < -0.3 is 0 Å². The minimum atomic E-state index is -3.67. The number of aryl methyl sites for hydroxylation is 1. The summed E-state index contributed by atoms with van der Waals surface area (Å²) in [5.74, 6) is 0. The van der Waals surface area contributed by atoms with Crippen molar-refractivity contribution in [2.75, 3.05) is 4.72 Å². The lowest BCUT2D eigenvalue weighted by Gasteiger charge is -2.09. The molecule has 1 heterocycles. The number of nitrogens with zero attached hydrogens (tertiary/aromatic N) is 1. The van der Waals surface area contributed by atoms with E-state index in [-0.39, 0.29) is 9.77 Å². The zero-order valence-electron chi connectivity index (χ0n) is 13.7. The number of rotatable bonds is 6. The van der Waals surface area contributed by atoms with Gasteiger partial charge in [0, 0.05) is 6.54 Å². The van der Waals surface area contributed by atoms with Crippen LogP contribution in [0.15, 0.2) is 64.8 Å². The SMILES string of the molecule is C=CCn1c(=O)sc2cc(NS(=O)(=O)c3ccc(CC)cc3)ccc21. The number of allylic oxidation sites excluding steroid dienone is 1. The zero-order valence-corrected chi connectivity index (χ0v) is 15.4. The van der Waals surface area contributed by atoms with Gasteiger partial charge in [0.1, 0.15) is 0 Å². The van der Waals surface area contributed by atoms with Crippen molar-refractivity contribution in [2.24, 2.45) is 0 Å². The Kier molecular flexibility index (Phi) is 4.78. The molecule has 1 aromatic heterocycles. The highest BCUT2D eigenvalue weighted by atomic mass is 32.2. The molecule has 25 heavy (non-hydrogen) atoms. The first-order valence-corrected chi connectivity index (χ1v) is 10.1. The van der Waals surface area contributed by atoms with E-state index >= 15 is 0 Å². The van der Waals surface area contributed by atoms with Crippen LogP contribution in [0.5, 0.6) is 0 Å². The van der Waals surface area contributed by atoms with E-state index in [2.05, 4.69) is 11.3 Å². The number of aromatic nitrogens is 1. The molecule has 0 spiro atoms. The first kappa shape index (κ1) is 17.4. The Hall–Kier alpha value is -2.38. The second kappa shape index (κ2) is 6.85. The maximum Gasteiger partial charge on any atom is 0.308 e. The van der Waals surface area contributed by atoms with Crippen LogP contribution in [0.3, 0.4) is 0 Å². The van der Waals surface area contributed by atoms with Crippen molar-refractivity contribution in [1.82, 2.24) is 4.57 Å². The van der Waals surface area contributed by atoms with Gasteiger partial charge in [0.25, 0.3) is 10.0 Å².